The molecule has 96 valence electrons. The predicted octanol–water partition coefficient (Wildman–Crippen LogP) is 2.46. The maximum absolute atomic E-state index is 11.3. The lowest BCUT2D eigenvalue weighted by Gasteiger charge is -2.05. The van der Waals surface area contributed by atoms with Gasteiger partial charge in [0.25, 0.3) is 5.69 Å². The highest BCUT2D eigenvalue weighted by Crippen LogP contribution is 2.41. The summed E-state index contributed by atoms with van der Waals surface area (Å²) in [7, 11) is 1.37. The third-order valence-corrected chi connectivity index (χ3v) is 2.81. The molecule has 0 unspecified atom stereocenters. The summed E-state index contributed by atoms with van der Waals surface area (Å²) in [6.07, 6.45) is 1.32. The average molecular weight is 261 g/mol. The first-order valence-electron chi connectivity index (χ1n) is 5.29. The van der Waals surface area contributed by atoms with Gasteiger partial charge in [0.15, 0.2) is 11.2 Å². The van der Waals surface area contributed by atoms with Crippen LogP contribution in [-0.2, 0) is 0 Å². The molecular formula is C12H7NO6. The Morgan fingerprint density at radius 3 is 2.63 bits per heavy atom. The van der Waals surface area contributed by atoms with Gasteiger partial charge in [-0.05, 0) is 12.1 Å². The third kappa shape index (κ3) is 1.48. The fraction of sp³-hybridized carbons (Fsp3) is 0.0833. The van der Waals surface area contributed by atoms with Crippen molar-refractivity contribution in [1.29, 1.82) is 0 Å². The van der Waals surface area contributed by atoms with Crippen LogP contribution in [0.25, 0.3) is 21.9 Å². The number of non-ortho nitro benzene ring substituents is 1. The lowest BCUT2D eigenvalue weighted by Crippen LogP contribution is -1.99. The molecule has 0 aliphatic rings. The van der Waals surface area contributed by atoms with Gasteiger partial charge in [-0.25, -0.2) is 4.79 Å². The minimum Gasteiger partial charge on any atom is -0.490 e. The molecule has 0 saturated carbocycles. The van der Waals surface area contributed by atoms with Crippen LogP contribution in [0.2, 0.25) is 0 Å². The van der Waals surface area contributed by atoms with E-state index in [1.54, 1.807) is 0 Å². The van der Waals surface area contributed by atoms with Gasteiger partial charge in [0, 0.05) is 6.07 Å². The summed E-state index contributed by atoms with van der Waals surface area (Å²) in [5, 5.41) is 11.7. The van der Waals surface area contributed by atoms with Crippen molar-refractivity contribution in [3.63, 3.8) is 0 Å². The fourth-order valence-electron chi connectivity index (χ4n) is 2.07. The Kier molecular flexibility index (Phi) is 2.28. The monoisotopic (exact) mass is 261 g/mol. The maximum Gasteiger partial charge on any atom is 0.336 e. The van der Waals surface area contributed by atoms with Crippen LogP contribution in [0.4, 0.5) is 5.69 Å². The summed E-state index contributed by atoms with van der Waals surface area (Å²) < 4.78 is 15.3. The first-order chi connectivity index (χ1) is 9.13. The number of ether oxygens (including phenoxy) is 1. The topological polar surface area (TPSA) is 95.7 Å². The summed E-state index contributed by atoms with van der Waals surface area (Å²) >= 11 is 0. The SMILES string of the molecule is COc1c2occc2c([N+](=O)[O-])c2ccc(=O)oc12. The van der Waals surface area contributed by atoms with Gasteiger partial charge < -0.3 is 13.6 Å². The molecule has 0 N–H and O–H groups in total. The van der Waals surface area contributed by atoms with Crippen molar-refractivity contribution in [2.45, 2.75) is 0 Å². The Morgan fingerprint density at radius 1 is 1.21 bits per heavy atom. The Labute approximate surface area is 105 Å². The smallest absolute Gasteiger partial charge is 0.336 e. The van der Waals surface area contributed by atoms with E-state index >= 15 is 0 Å². The molecule has 0 atom stereocenters. The minimum absolute atomic E-state index is 0.00384. The predicted molar refractivity (Wildman–Crippen MR) is 65.5 cm³/mol. The van der Waals surface area contributed by atoms with Crippen molar-refractivity contribution in [3.8, 4) is 5.75 Å². The lowest BCUT2D eigenvalue weighted by molar-refractivity contribution is -0.381. The van der Waals surface area contributed by atoms with Crippen LogP contribution in [-0.4, -0.2) is 12.0 Å². The number of hydrogen-bond acceptors (Lipinski definition) is 6. The molecule has 19 heavy (non-hydrogen) atoms. The maximum atomic E-state index is 11.3. The van der Waals surface area contributed by atoms with Crippen LogP contribution >= 0.6 is 0 Å². The highest BCUT2D eigenvalue weighted by atomic mass is 16.6. The molecular weight excluding hydrogens is 254 g/mol. The van der Waals surface area contributed by atoms with E-state index in [0.717, 1.165) is 6.07 Å². The first kappa shape index (κ1) is 11.3. The standard InChI is InChI=1S/C12H7NO6/c1-17-12-10-7(4-5-18-10)9(13(15)16)6-2-3-8(14)19-11(6)12/h2-5H,1H3. The second-order valence-corrected chi connectivity index (χ2v) is 3.80. The van der Waals surface area contributed by atoms with Crippen LogP contribution in [0.3, 0.4) is 0 Å². The molecule has 0 saturated heterocycles. The van der Waals surface area contributed by atoms with E-state index in [-0.39, 0.29) is 28.0 Å². The molecule has 0 amide bonds. The molecule has 0 bridgehead atoms. The van der Waals surface area contributed by atoms with Crippen molar-refractivity contribution in [3.05, 3.63) is 45.0 Å². The number of methoxy groups -OCH3 is 1. The van der Waals surface area contributed by atoms with Crippen molar-refractivity contribution in [1.82, 2.24) is 0 Å². The fourth-order valence-corrected chi connectivity index (χ4v) is 2.07. The lowest BCUT2D eigenvalue weighted by atomic mass is 10.1. The Bertz CT molecular complexity index is 860. The summed E-state index contributed by atoms with van der Waals surface area (Å²) in [6, 6.07) is 3.94. The van der Waals surface area contributed by atoms with Gasteiger partial charge in [0.05, 0.1) is 18.3 Å². The molecule has 0 radical (unpaired) electrons. The Hall–Kier alpha value is -2.83. The van der Waals surface area contributed by atoms with E-state index in [2.05, 4.69) is 0 Å². The molecule has 2 heterocycles. The van der Waals surface area contributed by atoms with Crippen LogP contribution < -0.4 is 10.4 Å². The highest BCUT2D eigenvalue weighted by molar-refractivity contribution is 6.09. The second kappa shape index (κ2) is 3.84. The van der Waals surface area contributed by atoms with Crippen LogP contribution in [0, 0.1) is 10.1 Å². The van der Waals surface area contributed by atoms with Crippen LogP contribution in [0.1, 0.15) is 0 Å². The van der Waals surface area contributed by atoms with Gasteiger partial charge in [-0.1, -0.05) is 0 Å². The number of nitro benzene ring substituents is 1. The average Bonchev–Trinajstić information content (AvgIpc) is 2.83. The Morgan fingerprint density at radius 2 is 1.95 bits per heavy atom. The number of benzene rings is 1. The molecule has 1 aromatic carbocycles. The van der Waals surface area contributed by atoms with Gasteiger partial charge in [-0.3, -0.25) is 10.1 Å². The summed E-state index contributed by atoms with van der Waals surface area (Å²) in [6.45, 7) is 0. The van der Waals surface area contributed by atoms with E-state index in [9.17, 15) is 14.9 Å². The Balaban J connectivity index is 2.67. The number of fused-ring (bicyclic) bond motifs is 2. The van der Waals surface area contributed by atoms with E-state index in [0.29, 0.717) is 5.39 Å². The summed E-state index contributed by atoms with van der Waals surface area (Å²) in [4.78, 5) is 22.0. The number of furan rings is 1. The quantitative estimate of drug-likeness (QED) is 0.399. The second-order valence-electron chi connectivity index (χ2n) is 3.80. The van der Waals surface area contributed by atoms with E-state index < -0.39 is 10.5 Å². The van der Waals surface area contributed by atoms with Crippen molar-refractivity contribution < 1.29 is 18.5 Å². The minimum atomic E-state index is -0.619. The molecule has 0 fully saturated rings. The zero-order valence-electron chi connectivity index (χ0n) is 9.71. The normalized spacial score (nSPS) is 11.0. The van der Waals surface area contributed by atoms with Crippen molar-refractivity contribution in [2.24, 2.45) is 0 Å². The van der Waals surface area contributed by atoms with Crippen LogP contribution in [0.5, 0.6) is 5.75 Å². The highest BCUT2D eigenvalue weighted by Gasteiger charge is 2.26. The molecule has 3 rings (SSSR count). The first-order valence-corrected chi connectivity index (χ1v) is 5.29. The molecule has 7 heteroatoms. The zero-order valence-corrected chi connectivity index (χ0v) is 9.71. The van der Waals surface area contributed by atoms with Crippen LogP contribution in [0.15, 0.2) is 38.1 Å². The van der Waals surface area contributed by atoms with Crippen molar-refractivity contribution >= 4 is 27.6 Å². The number of hydrogen-bond donors (Lipinski definition) is 0. The molecule has 7 nitrogen and oxygen atoms in total. The van der Waals surface area contributed by atoms with E-state index in [4.69, 9.17) is 13.6 Å². The van der Waals surface area contributed by atoms with E-state index in [1.807, 2.05) is 0 Å². The number of nitrogens with zero attached hydrogens (tertiary/aromatic N) is 1. The summed E-state index contributed by atoms with van der Waals surface area (Å²) in [5.41, 5.74) is -0.616. The molecule has 3 aromatic rings. The van der Waals surface area contributed by atoms with E-state index in [1.165, 1.54) is 25.5 Å². The van der Waals surface area contributed by atoms with Crippen molar-refractivity contribution in [2.75, 3.05) is 7.11 Å². The van der Waals surface area contributed by atoms with Gasteiger partial charge in [-0.2, -0.15) is 0 Å². The molecule has 0 aliphatic heterocycles. The zero-order chi connectivity index (χ0) is 13.6. The third-order valence-electron chi connectivity index (χ3n) is 2.81. The largest absolute Gasteiger partial charge is 0.490 e. The molecule has 2 aromatic heterocycles. The number of rotatable bonds is 2. The van der Waals surface area contributed by atoms with Gasteiger partial charge in [0.2, 0.25) is 5.75 Å². The number of nitro groups is 1. The van der Waals surface area contributed by atoms with Gasteiger partial charge >= 0.3 is 5.63 Å². The molecule has 0 spiro atoms. The van der Waals surface area contributed by atoms with Gasteiger partial charge in [-0.15, -0.1) is 0 Å². The molecule has 0 aliphatic carbocycles. The summed E-state index contributed by atoms with van der Waals surface area (Å²) in [5.74, 6) is 0.165. The van der Waals surface area contributed by atoms with Gasteiger partial charge in [0.1, 0.15) is 10.8 Å².